The second kappa shape index (κ2) is 10.2. The molecule has 0 aromatic heterocycles. The van der Waals surface area contributed by atoms with Crippen LogP contribution < -0.4 is 10.2 Å². The zero-order valence-electron chi connectivity index (χ0n) is 16.9. The lowest BCUT2D eigenvalue weighted by atomic mass is 10.1. The van der Waals surface area contributed by atoms with E-state index >= 15 is 0 Å². The predicted octanol–water partition coefficient (Wildman–Crippen LogP) is 3.12. The molecule has 9 nitrogen and oxygen atoms in total. The van der Waals surface area contributed by atoms with Gasteiger partial charge in [-0.25, -0.2) is 4.79 Å². The van der Waals surface area contributed by atoms with Gasteiger partial charge in [-0.05, 0) is 30.7 Å². The number of benzene rings is 2. The number of non-ortho nitro benzene ring substituents is 1. The summed E-state index contributed by atoms with van der Waals surface area (Å²) in [6.07, 6.45) is 0. The summed E-state index contributed by atoms with van der Waals surface area (Å²) < 4.78 is 10.5. The van der Waals surface area contributed by atoms with Crippen molar-refractivity contribution in [3.05, 3.63) is 68.7 Å². The van der Waals surface area contributed by atoms with Gasteiger partial charge in [0.25, 0.3) is 11.6 Å². The number of carbonyl (C=O) groups excluding carboxylic acids is 2. The molecule has 1 fully saturated rings. The van der Waals surface area contributed by atoms with E-state index in [-0.39, 0.29) is 17.3 Å². The van der Waals surface area contributed by atoms with E-state index in [1.54, 1.807) is 31.2 Å². The summed E-state index contributed by atoms with van der Waals surface area (Å²) in [6, 6.07) is 10.7. The van der Waals surface area contributed by atoms with Crippen LogP contribution in [0, 0.1) is 10.1 Å². The molecule has 0 bridgehead atoms. The third-order valence-corrected chi connectivity index (χ3v) is 5.10. The highest BCUT2D eigenvalue weighted by molar-refractivity contribution is 6.30. The van der Waals surface area contributed by atoms with Crippen LogP contribution in [0.15, 0.2) is 42.5 Å². The van der Waals surface area contributed by atoms with Crippen LogP contribution in [0.4, 0.5) is 11.4 Å². The minimum atomic E-state index is -0.806. The fourth-order valence-corrected chi connectivity index (χ4v) is 3.33. The van der Waals surface area contributed by atoms with E-state index in [1.165, 1.54) is 18.2 Å². The maximum Gasteiger partial charge on any atom is 0.341 e. The monoisotopic (exact) mass is 447 g/mol. The Morgan fingerprint density at radius 3 is 2.55 bits per heavy atom. The number of nitro benzene ring substituents is 1. The van der Waals surface area contributed by atoms with E-state index in [0.29, 0.717) is 37.0 Å². The third kappa shape index (κ3) is 5.93. The molecule has 1 unspecified atom stereocenters. The summed E-state index contributed by atoms with van der Waals surface area (Å²) in [5.41, 5.74) is 1.16. The molecular formula is C21H22ClN3O6. The molecule has 1 amide bonds. The number of esters is 1. The number of nitrogens with zero attached hydrogens (tertiary/aromatic N) is 2. The van der Waals surface area contributed by atoms with Gasteiger partial charge in [0.05, 0.1) is 35.4 Å². The topological polar surface area (TPSA) is 111 Å². The van der Waals surface area contributed by atoms with Gasteiger partial charge in [0.2, 0.25) is 0 Å². The fraction of sp³-hybridized carbons (Fsp3) is 0.333. The second-order valence-electron chi connectivity index (χ2n) is 6.97. The summed E-state index contributed by atoms with van der Waals surface area (Å²) in [5, 5.41) is 14.5. The minimum absolute atomic E-state index is 0.0367. The third-order valence-electron chi connectivity index (χ3n) is 4.84. The van der Waals surface area contributed by atoms with Gasteiger partial charge in [0.15, 0.2) is 6.61 Å². The first-order chi connectivity index (χ1) is 14.8. The van der Waals surface area contributed by atoms with Gasteiger partial charge in [-0.1, -0.05) is 23.7 Å². The van der Waals surface area contributed by atoms with Crippen LogP contribution >= 0.6 is 11.6 Å². The summed E-state index contributed by atoms with van der Waals surface area (Å²) in [4.78, 5) is 37.4. The van der Waals surface area contributed by atoms with Crippen molar-refractivity contribution in [3.63, 3.8) is 0 Å². The van der Waals surface area contributed by atoms with E-state index in [2.05, 4.69) is 5.32 Å². The van der Waals surface area contributed by atoms with E-state index in [1.807, 2.05) is 4.90 Å². The smallest absolute Gasteiger partial charge is 0.341 e. The molecular weight excluding hydrogens is 426 g/mol. The Labute approximate surface area is 184 Å². The number of morpholine rings is 1. The highest BCUT2D eigenvalue weighted by Gasteiger charge is 2.23. The van der Waals surface area contributed by atoms with Crippen molar-refractivity contribution in [2.75, 3.05) is 37.8 Å². The van der Waals surface area contributed by atoms with Gasteiger partial charge < -0.3 is 19.7 Å². The Bertz CT molecular complexity index is 960. The Kier molecular flexibility index (Phi) is 7.43. The molecule has 1 heterocycles. The van der Waals surface area contributed by atoms with E-state index < -0.39 is 23.4 Å². The number of hydrogen-bond donors (Lipinski definition) is 1. The lowest BCUT2D eigenvalue weighted by Crippen LogP contribution is -2.37. The van der Waals surface area contributed by atoms with E-state index in [0.717, 1.165) is 5.56 Å². The molecule has 0 saturated carbocycles. The zero-order valence-corrected chi connectivity index (χ0v) is 17.6. The average Bonchev–Trinajstić information content (AvgIpc) is 2.78. The maximum absolute atomic E-state index is 12.7. The molecule has 31 heavy (non-hydrogen) atoms. The standard InChI is InChI=1S/C21H22ClN3O6/c1-14(15-2-4-16(22)5-3-15)23-20(26)13-31-21(27)18-12-17(25(28)29)6-7-19(18)24-8-10-30-11-9-24/h2-7,12,14H,8-11,13H2,1H3,(H,23,26). The molecule has 2 aromatic carbocycles. The number of rotatable bonds is 7. The van der Waals surface area contributed by atoms with Crippen LogP contribution in [-0.4, -0.2) is 49.7 Å². The second-order valence-corrected chi connectivity index (χ2v) is 7.41. The van der Waals surface area contributed by atoms with Crippen molar-refractivity contribution < 1.29 is 24.0 Å². The molecule has 2 aromatic rings. The number of carbonyl (C=O) groups is 2. The normalized spacial score (nSPS) is 14.6. The van der Waals surface area contributed by atoms with Crippen LogP contribution in [-0.2, 0) is 14.3 Å². The quantitative estimate of drug-likeness (QED) is 0.394. The molecule has 1 saturated heterocycles. The molecule has 0 aliphatic carbocycles. The van der Waals surface area contributed by atoms with Crippen LogP contribution in [0.3, 0.4) is 0 Å². The first-order valence-electron chi connectivity index (χ1n) is 9.68. The first-order valence-corrected chi connectivity index (χ1v) is 10.1. The highest BCUT2D eigenvalue weighted by atomic mass is 35.5. The van der Waals surface area contributed by atoms with Gasteiger partial charge in [-0.3, -0.25) is 14.9 Å². The molecule has 1 atom stereocenters. The molecule has 3 rings (SSSR count). The molecule has 1 N–H and O–H groups in total. The van der Waals surface area contributed by atoms with Crippen LogP contribution in [0.5, 0.6) is 0 Å². The average molecular weight is 448 g/mol. The van der Waals surface area contributed by atoms with Crippen molar-refractivity contribution in [1.82, 2.24) is 5.32 Å². The summed E-state index contributed by atoms with van der Waals surface area (Å²) in [6.45, 7) is 3.32. The number of amides is 1. The van der Waals surface area contributed by atoms with Crippen molar-refractivity contribution in [3.8, 4) is 0 Å². The SMILES string of the molecule is CC(NC(=O)COC(=O)c1cc([N+](=O)[O-])ccc1N1CCOCC1)c1ccc(Cl)cc1. The molecule has 0 radical (unpaired) electrons. The predicted molar refractivity (Wildman–Crippen MR) is 114 cm³/mol. The number of ether oxygens (including phenoxy) is 2. The van der Waals surface area contributed by atoms with Crippen LogP contribution in [0.2, 0.25) is 5.02 Å². The summed E-state index contributed by atoms with van der Waals surface area (Å²) in [5.74, 6) is -1.30. The summed E-state index contributed by atoms with van der Waals surface area (Å²) in [7, 11) is 0. The molecule has 10 heteroatoms. The first kappa shape index (κ1) is 22.5. The minimum Gasteiger partial charge on any atom is -0.452 e. The molecule has 1 aliphatic rings. The molecule has 164 valence electrons. The van der Waals surface area contributed by atoms with Crippen molar-refractivity contribution in [1.29, 1.82) is 0 Å². The van der Waals surface area contributed by atoms with Gasteiger partial charge >= 0.3 is 5.97 Å². The lowest BCUT2D eigenvalue weighted by molar-refractivity contribution is -0.384. The Balaban J connectivity index is 1.67. The van der Waals surface area contributed by atoms with E-state index in [9.17, 15) is 19.7 Å². The van der Waals surface area contributed by atoms with E-state index in [4.69, 9.17) is 21.1 Å². The number of halogens is 1. The summed E-state index contributed by atoms with van der Waals surface area (Å²) >= 11 is 5.87. The van der Waals surface area contributed by atoms with Gasteiger partial charge in [0, 0.05) is 30.2 Å². The van der Waals surface area contributed by atoms with Crippen LogP contribution in [0.25, 0.3) is 0 Å². The zero-order chi connectivity index (χ0) is 22.4. The van der Waals surface area contributed by atoms with Crippen molar-refractivity contribution >= 4 is 34.9 Å². The molecule has 0 spiro atoms. The fourth-order valence-electron chi connectivity index (χ4n) is 3.21. The molecule has 1 aliphatic heterocycles. The lowest BCUT2D eigenvalue weighted by Gasteiger charge is -2.30. The van der Waals surface area contributed by atoms with Gasteiger partial charge in [-0.15, -0.1) is 0 Å². The Morgan fingerprint density at radius 1 is 1.23 bits per heavy atom. The van der Waals surface area contributed by atoms with Crippen molar-refractivity contribution in [2.45, 2.75) is 13.0 Å². The Morgan fingerprint density at radius 2 is 1.90 bits per heavy atom. The number of nitro groups is 1. The number of nitrogens with one attached hydrogen (secondary N) is 1. The largest absolute Gasteiger partial charge is 0.452 e. The number of anilines is 1. The number of hydrogen-bond acceptors (Lipinski definition) is 7. The highest BCUT2D eigenvalue weighted by Crippen LogP contribution is 2.27. The van der Waals surface area contributed by atoms with Gasteiger partial charge in [0.1, 0.15) is 0 Å². The maximum atomic E-state index is 12.7. The van der Waals surface area contributed by atoms with Crippen LogP contribution in [0.1, 0.15) is 28.9 Å². The Hall–Kier alpha value is -3.17. The van der Waals surface area contributed by atoms with Crippen molar-refractivity contribution in [2.24, 2.45) is 0 Å². The van der Waals surface area contributed by atoms with Gasteiger partial charge in [-0.2, -0.15) is 0 Å².